The molecule has 73 heavy (non-hydrogen) atoms. The van der Waals surface area contributed by atoms with Crippen LogP contribution in [-0.2, 0) is 21.3 Å². The van der Waals surface area contributed by atoms with Crippen molar-refractivity contribution in [2.24, 2.45) is 9.98 Å². The largest absolute Gasteiger partial charge is 0.493 e. The average molecular weight is 1050 g/mol. The molecule has 0 radical (unpaired) electrons. The van der Waals surface area contributed by atoms with Gasteiger partial charge in [0.15, 0.2) is 22.3 Å². The molecule has 7 N–H and O–H groups in total. The Morgan fingerprint density at radius 1 is 0.836 bits per heavy atom. The van der Waals surface area contributed by atoms with Crippen molar-refractivity contribution in [3.05, 3.63) is 173 Å². The number of rotatable bonds is 10. The van der Waals surface area contributed by atoms with Gasteiger partial charge in [0.05, 0.1) is 47.2 Å². The zero-order valence-corrected chi connectivity index (χ0v) is 41.5. The van der Waals surface area contributed by atoms with E-state index in [1.54, 1.807) is 70.2 Å². The fraction of sp³-hybridized carbons (Fsp3) is 0.204. The third-order valence-corrected chi connectivity index (χ3v) is 12.8. The van der Waals surface area contributed by atoms with Gasteiger partial charge in [0.2, 0.25) is 11.8 Å². The van der Waals surface area contributed by atoms with Gasteiger partial charge in [-0.2, -0.15) is 14.7 Å². The highest BCUT2D eigenvalue weighted by atomic mass is 35.5. The minimum absolute atomic E-state index is 0.115. The van der Waals surface area contributed by atoms with Gasteiger partial charge >= 0.3 is 17.5 Å². The number of hydrogen-bond donors (Lipinski definition) is 7. The quantitative estimate of drug-likeness (QED) is 0.0903. The van der Waals surface area contributed by atoms with E-state index in [9.17, 15) is 28.8 Å². The number of carbonyl (C=O) groups is 1. The van der Waals surface area contributed by atoms with Crippen molar-refractivity contribution < 1.29 is 24.0 Å². The predicted molar refractivity (Wildman–Crippen MR) is 274 cm³/mol. The molecule has 7 heterocycles. The van der Waals surface area contributed by atoms with Crippen LogP contribution in [-0.4, -0.2) is 99.3 Å². The summed E-state index contributed by atoms with van der Waals surface area (Å²) in [6, 6.07) is 27.0. The van der Waals surface area contributed by atoms with Gasteiger partial charge in [-0.15, -0.1) is 0 Å². The fourth-order valence-corrected chi connectivity index (χ4v) is 9.36. The van der Waals surface area contributed by atoms with Crippen molar-refractivity contribution in [3.8, 4) is 11.8 Å². The number of carbonyl (C=O) groups excluding carboxylic acids is 1. The van der Waals surface area contributed by atoms with Crippen molar-refractivity contribution in [2.45, 2.75) is 56.0 Å². The number of nitrogens with zero attached hydrogens (tertiary/aromatic N) is 9. The lowest BCUT2D eigenvalue weighted by molar-refractivity contribution is 0.0232. The normalized spacial score (nSPS) is 15.3. The molecule has 1 amide bonds. The summed E-state index contributed by atoms with van der Waals surface area (Å²) >= 11 is 12.2. The third kappa shape index (κ3) is 12.1. The Bertz CT molecular complexity index is 3920. The first-order valence-corrected chi connectivity index (χ1v) is 24.7. The molecule has 374 valence electrons. The second-order valence-corrected chi connectivity index (χ2v) is 19.9. The first-order valence-electron chi connectivity index (χ1n) is 22.6. The number of fused-ring (bicyclic) bond motifs is 2. The van der Waals surface area contributed by atoms with E-state index < -0.39 is 27.8 Å². The Kier molecular flexibility index (Phi) is 14.4. The number of aromatic amines is 4. The molecule has 2 unspecified atom stereocenters. The topological polar surface area (TPSA) is 281 Å². The van der Waals surface area contributed by atoms with E-state index in [4.69, 9.17) is 37.9 Å². The van der Waals surface area contributed by atoms with Gasteiger partial charge < -0.3 is 35.1 Å². The number of benzene rings is 3. The molecule has 21 nitrogen and oxygen atoms in total. The van der Waals surface area contributed by atoms with Crippen LogP contribution in [0.25, 0.3) is 23.4 Å². The predicted octanol–water partition coefficient (Wildman–Crippen LogP) is 4.89. The molecule has 0 spiro atoms. The molecule has 9 aromatic rings. The number of hydrogen-bond acceptors (Lipinski definition) is 14. The van der Waals surface area contributed by atoms with E-state index in [1.807, 2.05) is 63.2 Å². The van der Waals surface area contributed by atoms with Crippen LogP contribution in [0, 0.1) is 0 Å². The molecular formula is C49H46Cl2N14O7S. The van der Waals surface area contributed by atoms with E-state index in [-0.39, 0.29) is 41.0 Å². The van der Waals surface area contributed by atoms with Crippen LogP contribution in [0.4, 0.5) is 22.0 Å². The molecule has 0 aliphatic carbocycles. The van der Waals surface area contributed by atoms with Gasteiger partial charge in [0, 0.05) is 44.8 Å². The Balaban J connectivity index is 0.000000181. The molecule has 3 aromatic carbocycles. The van der Waals surface area contributed by atoms with Crippen molar-refractivity contribution in [1.82, 2.24) is 54.0 Å². The Morgan fingerprint density at radius 2 is 1.48 bits per heavy atom. The number of imidazole rings is 2. The first kappa shape index (κ1) is 49.6. The number of ether oxygens (including phenoxy) is 1. The molecule has 2 atom stereocenters. The van der Waals surface area contributed by atoms with Gasteiger partial charge in [-0.05, 0) is 87.7 Å². The fourth-order valence-electron chi connectivity index (χ4n) is 7.78. The maximum absolute atomic E-state index is 13.4. The molecule has 1 saturated heterocycles. The van der Waals surface area contributed by atoms with Gasteiger partial charge in [-0.25, -0.2) is 33.9 Å². The van der Waals surface area contributed by atoms with E-state index >= 15 is 0 Å². The van der Waals surface area contributed by atoms with E-state index in [0.717, 1.165) is 24.1 Å². The summed E-state index contributed by atoms with van der Waals surface area (Å²) in [4.78, 5) is 65.8. The Labute approximate surface area is 425 Å². The molecule has 0 saturated carbocycles. The van der Waals surface area contributed by atoms with Gasteiger partial charge in [0.25, 0.3) is 0 Å². The van der Waals surface area contributed by atoms with Crippen LogP contribution in [0.5, 0.6) is 11.8 Å². The van der Waals surface area contributed by atoms with Gasteiger partial charge in [0.1, 0.15) is 27.8 Å². The monoisotopic (exact) mass is 1040 g/mol. The molecule has 1 fully saturated rings. The molecule has 6 aromatic heterocycles. The standard InChI is InChI=1S/C26H29ClN8O4.C23H17ClN6O3S/c1-26(2,3)39-25(38)34-9-5-8-18(34)14-28-21-12-20(30-17-7-4-6-16(27)11-17)32-22-15(13-29-35(21)22)10-19-23(36)33-24(37)31-19;24-16-7-4-8-17(10-16)26-19-11-20(34(33)13-14-5-2-1-3-6-14)30-21(28-19)15(12-25-30)9-18-22(31)29-23(32)27-18/h4,6-7,10-13,18,30,36H,5,8-9,14H2,1-3H3,(H2,31,33,37);1-12,31H,13H2,(H2,27,29,32). The first-order chi connectivity index (χ1) is 35.0. The number of amides is 1. The molecule has 1 aliphatic heterocycles. The van der Waals surface area contributed by atoms with Crippen LogP contribution in [0.1, 0.15) is 50.6 Å². The maximum atomic E-state index is 13.4. The van der Waals surface area contributed by atoms with Crippen molar-refractivity contribution in [3.63, 3.8) is 0 Å². The SMILES string of the molecule is CC(C)(C)OC(=O)N1CCCC1CN=c1cc(Nc2cccc(Cl)c2)nc2c(=Cc3[nH]c(=O)[nH]c3O)cnn12.O=c1[nH]c(O)c(C=c2cnn3c(S(=O)Cc4ccccc4)cc(=Nc4cccc(Cl)c4)nc23)[nH]1. The molecule has 10 rings (SSSR count). The number of nitrogens with one attached hydrogen (secondary N) is 5. The minimum atomic E-state index is -1.47. The molecule has 0 bridgehead atoms. The highest BCUT2D eigenvalue weighted by Crippen LogP contribution is 2.23. The smallest absolute Gasteiger partial charge is 0.410 e. The lowest BCUT2D eigenvalue weighted by Gasteiger charge is -2.27. The summed E-state index contributed by atoms with van der Waals surface area (Å²) in [7, 11) is -1.47. The molecule has 24 heteroatoms. The summed E-state index contributed by atoms with van der Waals surface area (Å²) in [5, 5.41) is 34.6. The Morgan fingerprint density at radius 3 is 2.11 bits per heavy atom. The zero-order chi connectivity index (χ0) is 51.4. The molecule has 1 aliphatic rings. The van der Waals surface area contributed by atoms with Crippen molar-refractivity contribution >= 4 is 80.7 Å². The van der Waals surface area contributed by atoms with Crippen LogP contribution >= 0.6 is 23.2 Å². The van der Waals surface area contributed by atoms with Crippen LogP contribution < -0.4 is 38.1 Å². The average Bonchev–Trinajstić information content (AvgIpc) is 4.18. The number of halogens is 2. The Hall–Kier alpha value is -8.34. The van der Waals surface area contributed by atoms with E-state index in [0.29, 0.717) is 72.4 Å². The highest BCUT2D eigenvalue weighted by molar-refractivity contribution is 7.84. The third-order valence-electron chi connectivity index (χ3n) is 11.0. The van der Waals surface area contributed by atoms with Crippen LogP contribution in [0.3, 0.4) is 0 Å². The summed E-state index contributed by atoms with van der Waals surface area (Å²) in [5.41, 5.74) is 2.55. The lowest BCUT2D eigenvalue weighted by Crippen LogP contribution is -2.41. The van der Waals surface area contributed by atoms with Gasteiger partial charge in [-0.3, -0.25) is 19.2 Å². The van der Waals surface area contributed by atoms with Crippen LogP contribution in [0.2, 0.25) is 10.0 Å². The number of likely N-dealkylation sites (tertiary alicyclic amines) is 1. The summed E-state index contributed by atoms with van der Waals surface area (Å²) in [6.45, 7) is 6.49. The second kappa shape index (κ2) is 21.2. The number of aromatic nitrogens is 10. The lowest BCUT2D eigenvalue weighted by atomic mass is 10.2. The van der Waals surface area contributed by atoms with Crippen molar-refractivity contribution in [2.75, 3.05) is 18.4 Å². The minimum Gasteiger partial charge on any atom is -0.493 e. The van der Waals surface area contributed by atoms with Crippen molar-refractivity contribution in [1.29, 1.82) is 0 Å². The number of aromatic hydroxyl groups is 2. The summed E-state index contributed by atoms with van der Waals surface area (Å²) < 4.78 is 22.0. The van der Waals surface area contributed by atoms with E-state index in [2.05, 4.69) is 45.4 Å². The number of H-pyrrole nitrogens is 4. The molecular weight excluding hydrogens is 1000 g/mol. The van der Waals surface area contributed by atoms with Gasteiger partial charge in [-0.1, -0.05) is 65.7 Å². The second-order valence-electron chi connectivity index (χ2n) is 17.6. The zero-order valence-electron chi connectivity index (χ0n) is 39.2. The van der Waals surface area contributed by atoms with Crippen LogP contribution in [0.15, 0.2) is 128 Å². The summed E-state index contributed by atoms with van der Waals surface area (Å²) in [6.07, 6.45) is 7.50. The highest BCUT2D eigenvalue weighted by Gasteiger charge is 2.32. The maximum Gasteiger partial charge on any atom is 0.410 e. The number of anilines is 2. The summed E-state index contributed by atoms with van der Waals surface area (Å²) in [5.74, 6) is 0.167. The van der Waals surface area contributed by atoms with E-state index in [1.165, 1.54) is 16.8 Å².